The summed E-state index contributed by atoms with van der Waals surface area (Å²) in [5.41, 5.74) is 1.70. The summed E-state index contributed by atoms with van der Waals surface area (Å²) < 4.78 is 0.670. The number of thioether (sulfide) groups is 1. The van der Waals surface area contributed by atoms with E-state index in [1.165, 1.54) is 11.8 Å². The molecule has 0 unspecified atom stereocenters. The van der Waals surface area contributed by atoms with Crippen molar-refractivity contribution in [2.75, 3.05) is 17.6 Å². The Morgan fingerprint density at radius 1 is 1.39 bits per heavy atom. The highest BCUT2D eigenvalue weighted by atomic mass is 35.5. The van der Waals surface area contributed by atoms with Crippen LogP contribution in [0.3, 0.4) is 0 Å². The van der Waals surface area contributed by atoms with Crippen LogP contribution in [-0.2, 0) is 9.59 Å². The lowest BCUT2D eigenvalue weighted by Crippen LogP contribution is -2.29. The summed E-state index contributed by atoms with van der Waals surface area (Å²) in [6.45, 7) is 2.57. The van der Waals surface area contributed by atoms with Crippen LogP contribution in [0.25, 0.3) is 0 Å². The summed E-state index contributed by atoms with van der Waals surface area (Å²) in [6.07, 6.45) is 2.99. The van der Waals surface area contributed by atoms with E-state index in [0.29, 0.717) is 28.1 Å². The van der Waals surface area contributed by atoms with Crippen molar-refractivity contribution in [1.82, 2.24) is 4.90 Å². The lowest BCUT2D eigenvalue weighted by atomic mass is 10.1. The highest BCUT2D eigenvalue weighted by molar-refractivity contribution is 8.23. The molecule has 1 fully saturated rings. The van der Waals surface area contributed by atoms with Gasteiger partial charge in [-0.1, -0.05) is 48.1 Å². The van der Waals surface area contributed by atoms with Gasteiger partial charge in [-0.15, -0.1) is 0 Å². The van der Waals surface area contributed by atoms with E-state index in [1.807, 2.05) is 19.1 Å². The molecule has 23 heavy (non-hydrogen) atoms. The average molecular weight is 371 g/mol. The zero-order valence-electron chi connectivity index (χ0n) is 12.9. The number of hydrogen-bond donors (Lipinski definition) is 1. The van der Waals surface area contributed by atoms with Crippen molar-refractivity contribution in [1.29, 1.82) is 0 Å². The lowest BCUT2D eigenvalue weighted by Gasteiger charge is -2.14. The van der Waals surface area contributed by atoms with Gasteiger partial charge in [0, 0.05) is 23.7 Å². The number of halogens is 1. The van der Waals surface area contributed by atoms with Gasteiger partial charge in [0.2, 0.25) is 11.8 Å². The van der Waals surface area contributed by atoms with Crippen LogP contribution in [0.5, 0.6) is 0 Å². The van der Waals surface area contributed by atoms with Crippen molar-refractivity contribution in [3.05, 3.63) is 28.8 Å². The molecule has 2 rings (SSSR count). The third-order valence-corrected chi connectivity index (χ3v) is 5.42. The minimum Gasteiger partial charge on any atom is -0.326 e. The molecule has 0 atom stereocenters. The SMILES string of the molecule is Cc1ccc(NC(=O)CCCCCN2C(=O)CSC2=S)cc1Cl. The van der Waals surface area contributed by atoms with Gasteiger partial charge in [-0.3, -0.25) is 14.5 Å². The number of unbranched alkanes of at least 4 members (excludes halogenated alkanes) is 2. The summed E-state index contributed by atoms with van der Waals surface area (Å²) in [5.74, 6) is 0.530. The van der Waals surface area contributed by atoms with Crippen molar-refractivity contribution in [3.8, 4) is 0 Å². The number of rotatable bonds is 7. The number of nitrogens with one attached hydrogen (secondary N) is 1. The minimum atomic E-state index is -0.0201. The molecule has 124 valence electrons. The number of nitrogens with zero attached hydrogens (tertiary/aromatic N) is 1. The van der Waals surface area contributed by atoms with Crippen molar-refractivity contribution in [2.45, 2.75) is 32.6 Å². The molecule has 0 spiro atoms. The number of thiocarbonyl (C=S) groups is 1. The van der Waals surface area contributed by atoms with Gasteiger partial charge >= 0.3 is 0 Å². The third-order valence-electron chi connectivity index (χ3n) is 3.58. The minimum absolute atomic E-state index is 0.0201. The van der Waals surface area contributed by atoms with Crippen molar-refractivity contribution in [2.24, 2.45) is 0 Å². The number of benzene rings is 1. The summed E-state index contributed by atoms with van der Waals surface area (Å²) in [6, 6.07) is 5.48. The molecule has 1 N–H and O–H groups in total. The van der Waals surface area contributed by atoms with Crippen molar-refractivity contribution in [3.63, 3.8) is 0 Å². The van der Waals surface area contributed by atoms with Gasteiger partial charge in [0.05, 0.1) is 5.75 Å². The standard InChI is InChI=1S/C16H19ClN2O2S2/c1-11-6-7-12(9-13(11)17)18-14(20)5-3-2-4-8-19-15(21)10-23-16(19)22/h6-7,9H,2-5,8,10H2,1H3,(H,18,20). The molecule has 0 radical (unpaired) electrons. The molecule has 4 nitrogen and oxygen atoms in total. The fourth-order valence-corrected chi connectivity index (χ4v) is 3.53. The first-order chi connectivity index (χ1) is 11.0. The van der Waals surface area contributed by atoms with E-state index in [2.05, 4.69) is 5.32 Å². The number of amides is 2. The molecule has 1 saturated heterocycles. The Hall–Kier alpha value is -1.11. The van der Waals surface area contributed by atoms with Gasteiger partial charge in [-0.25, -0.2) is 0 Å². The van der Waals surface area contributed by atoms with E-state index in [9.17, 15) is 9.59 Å². The van der Waals surface area contributed by atoms with Gasteiger partial charge in [0.15, 0.2) is 0 Å². The molecule has 0 aliphatic carbocycles. The Morgan fingerprint density at radius 2 is 2.17 bits per heavy atom. The molecule has 1 aromatic rings. The molecule has 0 aromatic heterocycles. The highest BCUT2D eigenvalue weighted by Gasteiger charge is 2.25. The van der Waals surface area contributed by atoms with Crippen molar-refractivity contribution >= 4 is 57.4 Å². The van der Waals surface area contributed by atoms with Crippen LogP contribution >= 0.6 is 35.6 Å². The van der Waals surface area contributed by atoms with E-state index in [0.717, 1.165) is 30.5 Å². The van der Waals surface area contributed by atoms with E-state index < -0.39 is 0 Å². The summed E-state index contributed by atoms with van der Waals surface area (Å²) in [5, 5.41) is 3.49. The smallest absolute Gasteiger partial charge is 0.238 e. The summed E-state index contributed by atoms with van der Waals surface area (Å²) in [7, 11) is 0. The van der Waals surface area contributed by atoms with Gasteiger partial charge in [0.1, 0.15) is 4.32 Å². The number of carbonyl (C=O) groups excluding carboxylic acids is 2. The number of aryl methyl sites for hydroxylation is 1. The molecule has 1 heterocycles. The molecular formula is C16H19ClN2O2S2. The summed E-state index contributed by atoms with van der Waals surface area (Å²) >= 11 is 12.6. The second-order valence-corrected chi connectivity index (χ2v) is 7.44. The molecule has 1 aliphatic rings. The Balaban J connectivity index is 1.64. The normalized spacial score (nSPS) is 14.4. The molecule has 1 aliphatic heterocycles. The summed E-state index contributed by atoms with van der Waals surface area (Å²) in [4.78, 5) is 25.1. The van der Waals surface area contributed by atoms with Gasteiger partial charge < -0.3 is 5.32 Å². The predicted octanol–water partition coefficient (Wildman–Crippen LogP) is 4.01. The van der Waals surface area contributed by atoms with Gasteiger partial charge in [-0.05, 0) is 37.5 Å². The molecule has 2 amide bonds. The Kier molecular flexibility index (Phi) is 6.87. The molecule has 1 aromatic carbocycles. The van der Waals surface area contributed by atoms with Gasteiger partial charge in [0.25, 0.3) is 0 Å². The Bertz CT molecular complexity index is 606. The topological polar surface area (TPSA) is 49.4 Å². The van der Waals surface area contributed by atoms with Crippen LogP contribution in [0, 0.1) is 6.92 Å². The number of anilines is 1. The Labute approximate surface area is 150 Å². The van der Waals surface area contributed by atoms with Crippen LogP contribution in [-0.4, -0.2) is 33.3 Å². The van der Waals surface area contributed by atoms with E-state index >= 15 is 0 Å². The van der Waals surface area contributed by atoms with Crippen LogP contribution < -0.4 is 5.32 Å². The van der Waals surface area contributed by atoms with Crippen LogP contribution in [0.2, 0.25) is 5.02 Å². The van der Waals surface area contributed by atoms with Crippen LogP contribution in [0.1, 0.15) is 31.2 Å². The largest absolute Gasteiger partial charge is 0.326 e. The first-order valence-corrected chi connectivity index (χ1v) is 9.27. The van der Waals surface area contributed by atoms with Crippen molar-refractivity contribution < 1.29 is 9.59 Å². The lowest BCUT2D eigenvalue weighted by molar-refractivity contribution is -0.124. The first kappa shape index (κ1) is 18.2. The van der Waals surface area contributed by atoms with Crippen LogP contribution in [0.15, 0.2) is 18.2 Å². The fourth-order valence-electron chi connectivity index (χ4n) is 2.22. The predicted molar refractivity (Wildman–Crippen MR) is 100 cm³/mol. The molecule has 0 bridgehead atoms. The molecular weight excluding hydrogens is 352 g/mol. The maximum absolute atomic E-state index is 11.9. The second-order valence-electron chi connectivity index (χ2n) is 5.42. The maximum atomic E-state index is 11.9. The van der Waals surface area contributed by atoms with Gasteiger partial charge in [-0.2, -0.15) is 0 Å². The zero-order valence-corrected chi connectivity index (χ0v) is 15.3. The quantitative estimate of drug-likeness (QED) is 0.582. The third kappa shape index (κ3) is 5.48. The number of carbonyl (C=O) groups is 2. The van der Waals surface area contributed by atoms with Crippen LogP contribution in [0.4, 0.5) is 5.69 Å². The number of hydrogen-bond acceptors (Lipinski definition) is 4. The fraction of sp³-hybridized carbons (Fsp3) is 0.438. The first-order valence-electron chi connectivity index (χ1n) is 7.50. The second kappa shape index (κ2) is 8.66. The zero-order chi connectivity index (χ0) is 16.8. The molecule has 0 saturated carbocycles. The Morgan fingerprint density at radius 3 is 2.83 bits per heavy atom. The van der Waals surface area contributed by atoms with E-state index in [4.69, 9.17) is 23.8 Å². The molecule has 7 heteroatoms. The average Bonchev–Trinajstić information content (AvgIpc) is 2.82. The monoisotopic (exact) mass is 370 g/mol. The van der Waals surface area contributed by atoms with E-state index in [-0.39, 0.29) is 11.8 Å². The maximum Gasteiger partial charge on any atom is 0.238 e. The highest BCUT2D eigenvalue weighted by Crippen LogP contribution is 2.21. The van der Waals surface area contributed by atoms with E-state index in [1.54, 1.807) is 11.0 Å².